The van der Waals surface area contributed by atoms with E-state index in [9.17, 15) is 0 Å². The molecule has 72 valence electrons. The molecule has 0 amide bonds. The number of aromatic nitrogens is 2. The molecule has 13 heavy (non-hydrogen) atoms. The van der Waals surface area contributed by atoms with E-state index in [1.807, 2.05) is 6.20 Å². The van der Waals surface area contributed by atoms with Gasteiger partial charge >= 0.3 is 0 Å². The van der Waals surface area contributed by atoms with Crippen molar-refractivity contribution in [1.29, 1.82) is 0 Å². The van der Waals surface area contributed by atoms with Gasteiger partial charge < -0.3 is 0 Å². The minimum absolute atomic E-state index is 0.615. The molecule has 0 aromatic carbocycles. The lowest BCUT2D eigenvalue weighted by Gasteiger charge is -2.27. The molecular weight excluding hydrogens is 160 g/mol. The molecule has 1 aromatic rings. The molecule has 1 aliphatic carbocycles. The molecule has 1 heterocycles. The molecule has 0 radical (unpaired) electrons. The van der Waals surface area contributed by atoms with E-state index < -0.39 is 0 Å². The van der Waals surface area contributed by atoms with Crippen molar-refractivity contribution in [2.45, 2.75) is 44.9 Å². The van der Waals surface area contributed by atoms with Crippen LogP contribution in [0.5, 0.6) is 0 Å². The molecule has 0 N–H and O–H groups in total. The molecule has 0 bridgehead atoms. The van der Waals surface area contributed by atoms with Gasteiger partial charge in [-0.1, -0.05) is 20.3 Å². The highest BCUT2D eigenvalue weighted by Gasteiger charge is 2.26. The van der Waals surface area contributed by atoms with Crippen LogP contribution in [-0.2, 0) is 7.05 Å². The lowest BCUT2D eigenvalue weighted by atomic mass is 9.80. The summed E-state index contributed by atoms with van der Waals surface area (Å²) in [6.07, 6.45) is 6.16. The third kappa shape index (κ3) is 1.38. The fourth-order valence-electron chi connectivity index (χ4n) is 2.09. The van der Waals surface area contributed by atoms with Gasteiger partial charge in [0.2, 0.25) is 0 Å². The topological polar surface area (TPSA) is 17.8 Å². The molecule has 1 aliphatic rings. The Balaban J connectivity index is 2.34. The Morgan fingerprint density at radius 3 is 2.62 bits per heavy atom. The molecule has 0 spiro atoms. The van der Waals surface area contributed by atoms with E-state index in [0.717, 1.165) is 5.92 Å². The minimum atomic E-state index is 0.615. The summed E-state index contributed by atoms with van der Waals surface area (Å²) in [5.41, 5.74) is 2.94. The molecule has 0 unspecified atom stereocenters. The first kappa shape index (κ1) is 8.79. The fourth-order valence-corrected chi connectivity index (χ4v) is 2.09. The zero-order chi connectivity index (χ0) is 9.42. The highest BCUT2D eigenvalue weighted by Crippen LogP contribution is 2.39. The number of rotatable bonds is 2. The van der Waals surface area contributed by atoms with Gasteiger partial charge in [0.15, 0.2) is 0 Å². The summed E-state index contributed by atoms with van der Waals surface area (Å²) in [5, 5.41) is 4.36. The van der Waals surface area contributed by atoms with Crippen LogP contribution in [0.15, 0.2) is 6.20 Å². The predicted octanol–water partition coefficient (Wildman–Crippen LogP) is 2.81. The van der Waals surface area contributed by atoms with Gasteiger partial charge in [-0.05, 0) is 24.3 Å². The van der Waals surface area contributed by atoms with Gasteiger partial charge in [-0.3, -0.25) is 4.68 Å². The van der Waals surface area contributed by atoms with E-state index in [4.69, 9.17) is 0 Å². The third-order valence-electron chi connectivity index (χ3n) is 3.13. The van der Waals surface area contributed by atoms with Crippen LogP contribution in [0.1, 0.15) is 56.2 Å². The number of nitrogens with zero attached hydrogens (tertiary/aromatic N) is 2. The summed E-state index contributed by atoms with van der Waals surface area (Å²) in [6.45, 7) is 4.50. The quantitative estimate of drug-likeness (QED) is 0.681. The van der Waals surface area contributed by atoms with Gasteiger partial charge in [-0.15, -0.1) is 0 Å². The van der Waals surface area contributed by atoms with Crippen LogP contribution in [0.2, 0.25) is 0 Å². The van der Waals surface area contributed by atoms with E-state index in [-0.39, 0.29) is 0 Å². The second-order valence-corrected chi connectivity index (χ2v) is 4.39. The predicted molar refractivity (Wildman–Crippen MR) is 53.9 cm³/mol. The highest BCUT2D eigenvalue weighted by molar-refractivity contribution is 5.26. The van der Waals surface area contributed by atoms with Gasteiger partial charge in [-0.2, -0.15) is 5.10 Å². The number of hydrogen-bond acceptors (Lipinski definition) is 1. The molecule has 2 nitrogen and oxygen atoms in total. The smallest absolute Gasteiger partial charge is 0.0527 e. The van der Waals surface area contributed by atoms with Crippen molar-refractivity contribution in [2.75, 3.05) is 0 Å². The van der Waals surface area contributed by atoms with Crippen LogP contribution in [0.3, 0.4) is 0 Å². The Morgan fingerprint density at radius 1 is 1.46 bits per heavy atom. The van der Waals surface area contributed by atoms with Gasteiger partial charge in [0.1, 0.15) is 0 Å². The minimum Gasteiger partial charge on any atom is -0.272 e. The normalized spacial score (nSPS) is 17.8. The van der Waals surface area contributed by atoms with Crippen molar-refractivity contribution >= 4 is 0 Å². The standard InChI is InChI=1S/C11H18N2/c1-8(2)10-7-12-13(3)11(10)9-5-4-6-9/h7-9H,4-6H2,1-3H3. The monoisotopic (exact) mass is 178 g/mol. The lowest BCUT2D eigenvalue weighted by molar-refractivity contribution is 0.393. The zero-order valence-electron chi connectivity index (χ0n) is 8.75. The van der Waals surface area contributed by atoms with Crippen molar-refractivity contribution in [3.63, 3.8) is 0 Å². The van der Waals surface area contributed by atoms with Gasteiger partial charge in [0, 0.05) is 18.7 Å². The number of hydrogen-bond donors (Lipinski definition) is 0. The number of aryl methyl sites for hydroxylation is 1. The van der Waals surface area contributed by atoms with Crippen molar-refractivity contribution < 1.29 is 0 Å². The molecular formula is C11H18N2. The second-order valence-electron chi connectivity index (χ2n) is 4.39. The lowest BCUT2D eigenvalue weighted by Crippen LogP contribution is -2.15. The van der Waals surface area contributed by atoms with Crippen molar-refractivity contribution in [3.05, 3.63) is 17.5 Å². The van der Waals surface area contributed by atoms with Crippen molar-refractivity contribution in [2.24, 2.45) is 7.05 Å². The van der Waals surface area contributed by atoms with E-state index in [1.165, 1.54) is 30.5 Å². The highest BCUT2D eigenvalue weighted by atomic mass is 15.3. The van der Waals surface area contributed by atoms with Gasteiger partial charge in [0.05, 0.1) is 6.20 Å². The van der Waals surface area contributed by atoms with E-state index >= 15 is 0 Å². The Morgan fingerprint density at radius 2 is 2.15 bits per heavy atom. The van der Waals surface area contributed by atoms with E-state index in [2.05, 4.69) is 30.7 Å². The second kappa shape index (κ2) is 3.17. The first-order chi connectivity index (χ1) is 6.20. The first-order valence-corrected chi connectivity index (χ1v) is 5.22. The third-order valence-corrected chi connectivity index (χ3v) is 3.13. The zero-order valence-corrected chi connectivity index (χ0v) is 8.75. The van der Waals surface area contributed by atoms with Crippen molar-refractivity contribution in [1.82, 2.24) is 9.78 Å². The van der Waals surface area contributed by atoms with E-state index in [1.54, 1.807) is 0 Å². The average Bonchev–Trinajstić information content (AvgIpc) is 2.30. The maximum atomic E-state index is 4.36. The maximum Gasteiger partial charge on any atom is 0.0527 e. The molecule has 0 atom stereocenters. The largest absolute Gasteiger partial charge is 0.272 e. The van der Waals surface area contributed by atoms with Crippen LogP contribution in [0.4, 0.5) is 0 Å². The SMILES string of the molecule is CC(C)c1cnn(C)c1C1CCC1. The molecule has 2 rings (SSSR count). The van der Waals surface area contributed by atoms with Gasteiger partial charge in [-0.25, -0.2) is 0 Å². The summed E-state index contributed by atoms with van der Waals surface area (Å²) in [7, 11) is 2.07. The summed E-state index contributed by atoms with van der Waals surface area (Å²) in [5.74, 6) is 1.41. The molecule has 0 saturated heterocycles. The molecule has 0 aliphatic heterocycles. The Kier molecular flexibility index (Phi) is 2.14. The summed E-state index contributed by atoms with van der Waals surface area (Å²) >= 11 is 0. The Labute approximate surface area is 80.0 Å². The van der Waals surface area contributed by atoms with E-state index in [0.29, 0.717) is 5.92 Å². The molecule has 2 heteroatoms. The van der Waals surface area contributed by atoms with Crippen LogP contribution in [-0.4, -0.2) is 9.78 Å². The van der Waals surface area contributed by atoms with Crippen molar-refractivity contribution in [3.8, 4) is 0 Å². The van der Waals surface area contributed by atoms with Crippen LogP contribution in [0.25, 0.3) is 0 Å². The summed E-state index contributed by atoms with van der Waals surface area (Å²) in [6, 6.07) is 0. The fraction of sp³-hybridized carbons (Fsp3) is 0.727. The van der Waals surface area contributed by atoms with Crippen LogP contribution < -0.4 is 0 Å². The molecule has 1 aromatic heterocycles. The van der Waals surface area contributed by atoms with Crippen LogP contribution in [0, 0.1) is 0 Å². The maximum absolute atomic E-state index is 4.36. The summed E-state index contributed by atoms with van der Waals surface area (Å²) in [4.78, 5) is 0. The summed E-state index contributed by atoms with van der Waals surface area (Å²) < 4.78 is 2.07. The first-order valence-electron chi connectivity index (χ1n) is 5.22. The molecule has 1 saturated carbocycles. The Bertz CT molecular complexity index is 295. The van der Waals surface area contributed by atoms with Crippen LogP contribution >= 0.6 is 0 Å². The Hall–Kier alpha value is -0.790. The average molecular weight is 178 g/mol. The van der Waals surface area contributed by atoms with Gasteiger partial charge in [0.25, 0.3) is 0 Å². The molecule has 1 fully saturated rings.